The van der Waals surface area contributed by atoms with Gasteiger partial charge < -0.3 is 4.74 Å². The highest BCUT2D eigenvalue weighted by Gasteiger charge is 2.38. The van der Waals surface area contributed by atoms with Crippen molar-refractivity contribution in [3.63, 3.8) is 0 Å². The predicted molar refractivity (Wildman–Crippen MR) is 105 cm³/mol. The molecule has 158 valence electrons. The van der Waals surface area contributed by atoms with Crippen molar-refractivity contribution in [1.82, 2.24) is 0 Å². The van der Waals surface area contributed by atoms with Gasteiger partial charge in [-0.2, -0.15) is 13.2 Å². The minimum atomic E-state index is -4.56. The summed E-state index contributed by atoms with van der Waals surface area (Å²) in [5.74, 6) is -2.14. The maximum Gasteiger partial charge on any atom is 0.416 e. The number of nitrogens with zero attached hydrogens (tertiary/aromatic N) is 1. The van der Waals surface area contributed by atoms with Crippen molar-refractivity contribution in [3.8, 4) is 11.5 Å². The Kier molecular flexibility index (Phi) is 4.97. The zero-order chi connectivity index (χ0) is 22.5. The van der Waals surface area contributed by atoms with Crippen molar-refractivity contribution in [2.45, 2.75) is 13.1 Å². The molecular formula is C22H12ClF4NO3. The molecule has 3 aromatic carbocycles. The van der Waals surface area contributed by atoms with Gasteiger partial charge in [0.25, 0.3) is 11.8 Å². The van der Waals surface area contributed by atoms with Crippen LogP contribution in [0.25, 0.3) is 0 Å². The number of ether oxygens (including phenoxy) is 1. The summed E-state index contributed by atoms with van der Waals surface area (Å²) >= 11 is 5.89. The van der Waals surface area contributed by atoms with E-state index in [2.05, 4.69) is 0 Å². The molecule has 4 rings (SSSR count). The molecule has 0 atom stereocenters. The minimum Gasteiger partial charge on any atom is -0.456 e. The lowest BCUT2D eigenvalue weighted by Gasteiger charge is -2.15. The van der Waals surface area contributed by atoms with Crippen molar-refractivity contribution in [3.05, 3.63) is 87.7 Å². The van der Waals surface area contributed by atoms with Gasteiger partial charge in [-0.1, -0.05) is 17.7 Å². The normalized spacial score (nSPS) is 13.5. The molecule has 0 N–H and O–H groups in total. The summed E-state index contributed by atoms with van der Waals surface area (Å²) < 4.78 is 58.2. The van der Waals surface area contributed by atoms with Crippen molar-refractivity contribution in [2.24, 2.45) is 0 Å². The van der Waals surface area contributed by atoms with E-state index in [0.29, 0.717) is 5.56 Å². The number of carbonyl (C=O) groups excluding carboxylic acids is 2. The Hall–Kier alpha value is -3.39. The van der Waals surface area contributed by atoms with Crippen LogP contribution in [0.4, 0.5) is 23.2 Å². The molecule has 0 aliphatic carbocycles. The highest BCUT2D eigenvalue weighted by molar-refractivity contribution is 6.34. The fraction of sp³-hybridized carbons (Fsp3) is 0.0909. The zero-order valence-electron chi connectivity index (χ0n) is 15.8. The van der Waals surface area contributed by atoms with E-state index in [9.17, 15) is 27.2 Å². The first-order valence-corrected chi connectivity index (χ1v) is 9.27. The lowest BCUT2D eigenvalue weighted by Crippen LogP contribution is -2.30. The molecule has 0 spiro atoms. The Labute approximate surface area is 178 Å². The maximum atomic E-state index is 14.3. The third kappa shape index (κ3) is 3.74. The molecule has 9 heteroatoms. The molecule has 1 aliphatic rings. The van der Waals surface area contributed by atoms with Crippen molar-refractivity contribution < 1.29 is 31.9 Å². The Morgan fingerprint density at radius 3 is 2.26 bits per heavy atom. The molecule has 31 heavy (non-hydrogen) atoms. The van der Waals surface area contributed by atoms with E-state index in [1.165, 1.54) is 30.3 Å². The number of aryl methyl sites for hydroxylation is 1. The van der Waals surface area contributed by atoms with Crippen LogP contribution >= 0.6 is 11.6 Å². The van der Waals surface area contributed by atoms with E-state index < -0.39 is 29.4 Å². The summed E-state index contributed by atoms with van der Waals surface area (Å²) in [6.45, 7) is 1.67. The Balaban J connectivity index is 1.65. The number of carbonyl (C=O) groups is 2. The average Bonchev–Trinajstić information content (AvgIpc) is 2.93. The molecule has 2 amide bonds. The second-order valence-electron chi connectivity index (χ2n) is 6.85. The van der Waals surface area contributed by atoms with Gasteiger partial charge >= 0.3 is 6.18 Å². The highest BCUT2D eigenvalue weighted by Crippen LogP contribution is 2.38. The van der Waals surface area contributed by atoms with E-state index in [1.54, 1.807) is 13.0 Å². The minimum absolute atomic E-state index is 0.0227. The van der Waals surface area contributed by atoms with Crippen LogP contribution < -0.4 is 9.64 Å². The zero-order valence-corrected chi connectivity index (χ0v) is 16.5. The summed E-state index contributed by atoms with van der Waals surface area (Å²) in [7, 11) is 0. The van der Waals surface area contributed by atoms with Crippen LogP contribution in [0.1, 0.15) is 31.8 Å². The first-order valence-electron chi connectivity index (χ1n) is 8.90. The molecule has 0 aromatic heterocycles. The van der Waals surface area contributed by atoms with Crippen LogP contribution in [0.2, 0.25) is 5.02 Å². The van der Waals surface area contributed by atoms with E-state index in [-0.39, 0.29) is 33.3 Å². The van der Waals surface area contributed by atoms with Gasteiger partial charge in [0, 0.05) is 0 Å². The van der Waals surface area contributed by atoms with E-state index in [1.807, 2.05) is 0 Å². The van der Waals surface area contributed by atoms with Gasteiger partial charge in [0.2, 0.25) is 0 Å². The lowest BCUT2D eigenvalue weighted by molar-refractivity contribution is -0.137. The van der Waals surface area contributed by atoms with Gasteiger partial charge in [0.1, 0.15) is 17.3 Å². The summed E-state index contributed by atoms with van der Waals surface area (Å²) in [5, 5.41) is -0.277. The number of amides is 2. The van der Waals surface area contributed by atoms with Gasteiger partial charge in [-0.15, -0.1) is 0 Å². The van der Waals surface area contributed by atoms with Crippen LogP contribution in [0.5, 0.6) is 11.5 Å². The van der Waals surface area contributed by atoms with Crippen LogP contribution in [0, 0.1) is 12.7 Å². The fourth-order valence-electron chi connectivity index (χ4n) is 3.18. The lowest BCUT2D eigenvalue weighted by atomic mass is 10.1. The molecule has 0 radical (unpaired) electrons. The molecule has 0 fully saturated rings. The number of hydrogen-bond donors (Lipinski definition) is 0. The first-order chi connectivity index (χ1) is 14.6. The quantitative estimate of drug-likeness (QED) is 0.343. The molecule has 0 unspecified atom stereocenters. The Morgan fingerprint density at radius 2 is 1.61 bits per heavy atom. The second-order valence-corrected chi connectivity index (χ2v) is 7.26. The monoisotopic (exact) mass is 449 g/mol. The van der Waals surface area contributed by atoms with Crippen LogP contribution in [0.15, 0.2) is 54.6 Å². The van der Waals surface area contributed by atoms with Gasteiger partial charge in [0.05, 0.1) is 27.4 Å². The highest BCUT2D eigenvalue weighted by atomic mass is 35.5. The van der Waals surface area contributed by atoms with Gasteiger partial charge in [-0.25, -0.2) is 9.29 Å². The third-order valence-corrected chi connectivity index (χ3v) is 4.98. The second kappa shape index (κ2) is 7.39. The molecular weight excluding hydrogens is 438 g/mol. The molecule has 0 saturated heterocycles. The molecule has 3 aromatic rings. The summed E-state index contributed by atoms with van der Waals surface area (Å²) in [5.41, 5.74) is -0.455. The molecule has 1 aliphatic heterocycles. The smallest absolute Gasteiger partial charge is 0.416 e. The van der Waals surface area contributed by atoms with Crippen molar-refractivity contribution in [2.75, 3.05) is 4.90 Å². The van der Waals surface area contributed by atoms with Crippen molar-refractivity contribution >= 4 is 29.1 Å². The first kappa shape index (κ1) is 20.9. The van der Waals surface area contributed by atoms with Gasteiger partial charge in [-0.05, 0) is 61.0 Å². The SMILES string of the molecule is Cc1ccc(N2C(=O)c3ccc(Oc4ccc(C(F)(F)F)cc4Cl)cc3C2=O)c(F)c1. The Bertz CT molecular complexity index is 1240. The number of hydrogen-bond acceptors (Lipinski definition) is 3. The standard InChI is InChI=1S/C22H12ClF4NO3/c1-11-2-6-18(17(24)8-11)28-20(29)14-5-4-13(10-15(14)21(28)30)31-19-7-3-12(9-16(19)23)22(25,26)27/h2-10H,1H3. The van der Waals surface area contributed by atoms with Crippen LogP contribution in [-0.2, 0) is 6.18 Å². The molecule has 4 nitrogen and oxygen atoms in total. The van der Waals surface area contributed by atoms with Crippen molar-refractivity contribution in [1.29, 1.82) is 0 Å². The number of anilines is 1. The fourth-order valence-corrected chi connectivity index (χ4v) is 3.40. The van der Waals surface area contributed by atoms with E-state index in [0.717, 1.165) is 23.1 Å². The maximum absolute atomic E-state index is 14.3. The largest absolute Gasteiger partial charge is 0.456 e. The Morgan fingerprint density at radius 1 is 0.903 bits per heavy atom. The summed E-state index contributed by atoms with van der Waals surface area (Å²) in [4.78, 5) is 26.2. The van der Waals surface area contributed by atoms with E-state index in [4.69, 9.17) is 16.3 Å². The number of alkyl halides is 3. The van der Waals surface area contributed by atoms with Gasteiger partial charge in [0.15, 0.2) is 0 Å². The number of fused-ring (bicyclic) bond motifs is 1. The third-order valence-electron chi connectivity index (χ3n) is 4.69. The number of benzene rings is 3. The van der Waals surface area contributed by atoms with Gasteiger partial charge in [-0.3, -0.25) is 9.59 Å². The number of imide groups is 1. The average molecular weight is 450 g/mol. The summed E-state index contributed by atoms with van der Waals surface area (Å²) in [6, 6.07) is 10.7. The van der Waals surface area contributed by atoms with Crippen LogP contribution in [0.3, 0.4) is 0 Å². The number of rotatable bonds is 3. The van der Waals surface area contributed by atoms with E-state index >= 15 is 0 Å². The summed E-state index contributed by atoms with van der Waals surface area (Å²) in [6.07, 6.45) is -4.56. The topological polar surface area (TPSA) is 46.6 Å². The van der Waals surface area contributed by atoms with Crippen LogP contribution in [-0.4, -0.2) is 11.8 Å². The molecule has 0 saturated carbocycles. The molecule has 0 bridgehead atoms. The predicted octanol–water partition coefficient (Wildman–Crippen LogP) is 6.40. The molecule has 1 heterocycles. The number of halogens is 5.